The summed E-state index contributed by atoms with van der Waals surface area (Å²) in [6.07, 6.45) is 4.43. The van der Waals surface area contributed by atoms with Crippen LogP contribution in [-0.4, -0.2) is 42.9 Å². The first-order valence-electron chi connectivity index (χ1n) is 9.03. The first-order valence-corrected chi connectivity index (χ1v) is 9.03. The van der Waals surface area contributed by atoms with Crippen molar-refractivity contribution in [2.24, 2.45) is 12.0 Å². The van der Waals surface area contributed by atoms with Crippen molar-refractivity contribution in [2.75, 3.05) is 27.4 Å². The molecule has 4 rings (SSSR count). The Kier molecular flexibility index (Phi) is 4.26. The number of ether oxygens (including phenoxy) is 2. The lowest BCUT2D eigenvalue weighted by Crippen LogP contribution is -2.42. The molecule has 0 atom stereocenters. The zero-order chi connectivity index (χ0) is 18.1. The molecule has 1 fully saturated rings. The molecule has 1 aliphatic carbocycles. The Hall–Kier alpha value is -2.63. The minimum absolute atomic E-state index is 0.169. The number of guanidine groups is 1. The summed E-state index contributed by atoms with van der Waals surface area (Å²) in [7, 11) is 5.98. The van der Waals surface area contributed by atoms with Gasteiger partial charge in [-0.3, -0.25) is 4.99 Å². The fourth-order valence-corrected chi connectivity index (χ4v) is 3.56. The standard InChI is InChI=1S/C20H26N4O2/c1-21-19(24(3)12-16-5-4-10-23(16)2)22-13-20(8-9-20)15-6-7-17-18(11-15)26-14-25-17/h4-7,10-11H,8-9,12-14H2,1-3H3,(H,21,22). The summed E-state index contributed by atoms with van der Waals surface area (Å²) in [5.41, 5.74) is 2.74. The Morgan fingerprint density at radius 3 is 2.77 bits per heavy atom. The van der Waals surface area contributed by atoms with E-state index < -0.39 is 0 Å². The lowest BCUT2D eigenvalue weighted by atomic mass is 9.95. The summed E-state index contributed by atoms with van der Waals surface area (Å²) in [5, 5.41) is 3.56. The molecule has 0 spiro atoms. The fourth-order valence-electron chi connectivity index (χ4n) is 3.56. The Balaban J connectivity index is 1.41. The molecule has 6 nitrogen and oxygen atoms in total. The van der Waals surface area contributed by atoms with E-state index in [0.29, 0.717) is 6.79 Å². The van der Waals surface area contributed by atoms with Gasteiger partial charge in [0.2, 0.25) is 6.79 Å². The number of rotatable bonds is 5. The molecule has 6 heteroatoms. The molecule has 0 saturated heterocycles. The second kappa shape index (κ2) is 6.59. The third-order valence-corrected chi connectivity index (χ3v) is 5.45. The van der Waals surface area contributed by atoms with Crippen molar-refractivity contribution in [3.05, 3.63) is 47.8 Å². The van der Waals surface area contributed by atoms with Crippen molar-refractivity contribution in [1.82, 2.24) is 14.8 Å². The van der Waals surface area contributed by atoms with Crippen LogP contribution in [0.25, 0.3) is 0 Å². The Bertz CT molecular complexity index is 823. The van der Waals surface area contributed by atoms with Crippen molar-refractivity contribution >= 4 is 5.96 Å². The van der Waals surface area contributed by atoms with Crippen molar-refractivity contribution in [1.29, 1.82) is 0 Å². The number of hydrogen-bond donors (Lipinski definition) is 1. The maximum absolute atomic E-state index is 5.54. The lowest BCUT2D eigenvalue weighted by Gasteiger charge is -2.25. The Morgan fingerprint density at radius 1 is 1.27 bits per heavy atom. The average molecular weight is 354 g/mol. The van der Waals surface area contributed by atoms with E-state index in [1.807, 2.05) is 13.1 Å². The van der Waals surface area contributed by atoms with Crippen LogP contribution in [0.1, 0.15) is 24.1 Å². The molecular weight excluding hydrogens is 328 g/mol. The topological polar surface area (TPSA) is 51.0 Å². The molecule has 138 valence electrons. The zero-order valence-corrected chi connectivity index (χ0v) is 15.7. The van der Waals surface area contributed by atoms with E-state index in [1.165, 1.54) is 24.1 Å². The summed E-state index contributed by atoms with van der Waals surface area (Å²) in [6, 6.07) is 10.5. The molecule has 2 heterocycles. The van der Waals surface area contributed by atoms with Crippen molar-refractivity contribution in [2.45, 2.75) is 24.8 Å². The second-order valence-corrected chi connectivity index (χ2v) is 7.22. The van der Waals surface area contributed by atoms with Gasteiger partial charge in [0.05, 0.1) is 6.54 Å². The first kappa shape index (κ1) is 16.8. The molecule has 0 radical (unpaired) electrons. The molecule has 1 aliphatic heterocycles. The largest absolute Gasteiger partial charge is 0.454 e. The number of nitrogens with zero attached hydrogens (tertiary/aromatic N) is 3. The molecule has 1 aromatic heterocycles. The van der Waals surface area contributed by atoms with Crippen LogP contribution in [0.5, 0.6) is 11.5 Å². The lowest BCUT2D eigenvalue weighted by molar-refractivity contribution is 0.174. The normalized spacial score (nSPS) is 17.3. The Labute approximate surface area is 154 Å². The van der Waals surface area contributed by atoms with Crippen LogP contribution < -0.4 is 14.8 Å². The van der Waals surface area contributed by atoms with Gasteiger partial charge >= 0.3 is 0 Å². The van der Waals surface area contributed by atoms with E-state index in [-0.39, 0.29) is 5.41 Å². The molecule has 1 aromatic carbocycles. The van der Waals surface area contributed by atoms with Crippen molar-refractivity contribution < 1.29 is 9.47 Å². The quantitative estimate of drug-likeness (QED) is 0.662. The number of aliphatic imine (C=N–C) groups is 1. The molecule has 26 heavy (non-hydrogen) atoms. The second-order valence-electron chi connectivity index (χ2n) is 7.22. The highest BCUT2D eigenvalue weighted by atomic mass is 16.7. The monoisotopic (exact) mass is 354 g/mol. The van der Waals surface area contributed by atoms with Gasteiger partial charge in [0, 0.05) is 45.0 Å². The van der Waals surface area contributed by atoms with E-state index in [0.717, 1.165) is 30.5 Å². The summed E-state index contributed by atoms with van der Waals surface area (Å²) in [5.74, 6) is 2.62. The summed E-state index contributed by atoms with van der Waals surface area (Å²) in [6.45, 7) is 2.01. The molecule has 0 bridgehead atoms. The predicted octanol–water partition coefficient (Wildman–Crippen LogP) is 2.49. The number of hydrogen-bond acceptors (Lipinski definition) is 3. The first-order chi connectivity index (χ1) is 12.6. The molecule has 0 amide bonds. The third kappa shape index (κ3) is 3.11. The van der Waals surface area contributed by atoms with E-state index >= 15 is 0 Å². The van der Waals surface area contributed by atoms with E-state index in [4.69, 9.17) is 9.47 Å². The van der Waals surface area contributed by atoms with Gasteiger partial charge in [-0.05, 0) is 42.7 Å². The van der Waals surface area contributed by atoms with Gasteiger partial charge in [-0.1, -0.05) is 6.07 Å². The number of benzene rings is 1. The minimum Gasteiger partial charge on any atom is -0.454 e. The SMILES string of the molecule is CN=C(NCC1(c2ccc3c(c2)OCO3)CC1)N(C)Cc1cccn1C. The fraction of sp³-hybridized carbons (Fsp3) is 0.450. The van der Waals surface area contributed by atoms with Crippen LogP contribution in [0.4, 0.5) is 0 Å². The molecule has 1 N–H and O–H groups in total. The van der Waals surface area contributed by atoms with Gasteiger partial charge < -0.3 is 24.3 Å². The molecule has 1 saturated carbocycles. The van der Waals surface area contributed by atoms with Gasteiger partial charge in [-0.15, -0.1) is 0 Å². The molecular formula is C20H26N4O2. The zero-order valence-electron chi connectivity index (χ0n) is 15.7. The van der Waals surface area contributed by atoms with Gasteiger partial charge in [0.15, 0.2) is 17.5 Å². The summed E-state index contributed by atoms with van der Waals surface area (Å²) in [4.78, 5) is 6.62. The highest BCUT2D eigenvalue weighted by molar-refractivity contribution is 5.79. The average Bonchev–Trinajstić information content (AvgIpc) is 3.09. The maximum Gasteiger partial charge on any atom is 0.231 e. The van der Waals surface area contributed by atoms with E-state index in [9.17, 15) is 0 Å². The highest BCUT2D eigenvalue weighted by Crippen LogP contribution is 2.49. The van der Waals surface area contributed by atoms with Gasteiger partial charge in [0.1, 0.15) is 0 Å². The Morgan fingerprint density at radius 2 is 2.08 bits per heavy atom. The van der Waals surface area contributed by atoms with Crippen molar-refractivity contribution in [3.63, 3.8) is 0 Å². The number of fused-ring (bicyclic) bond motifs is 1. The minimum atomic E-state index is 0.169. The highest BCUT2D eigenvalue weighted by Gasteiger charge is 2.45. The van der Waals surface area contributed by atoms with E-state index in [1.54, 1.807) is 0 Å². The summed E-state index contributed by atoms with van der Waals surface area (Å²) < 4.78 is 13.1. The van der Waals surface area contributed by atoms with Crippen LogP contribution in [0.2, 0.25) is 0 Å². The van der Waals surface area contributed by atoms with Crippen molar-refractivity contribution in [3.8, 4) is 11.5 Å². The van der Waals surface area contributed by atoms with Crippen LogP contribution in [-0.2, 0) is 19.0 Å². The molecule has 0 unspecified atom stereocenters. The van der Waals surface area contributed by atoms with Crippen LogP contribution >= 0.6 is 0 Å². The molecule has 2 aliphatic rings. The molecule has 2 aromatic rings. The maximum atomic E-state index is 5.54. The number of aromatic nitrogens is 1. The van der Waals surface area contributed by atoms with Crippen LogP contribution in [0, 0.1) is 0 Å². The third-order valence-electron chi connectivity index (χ3n) is 5.45. The number of aryl methyl sites for hydroxylation is 1. The smallest absolute Gasteiger partial charge is 0.231 e. The van der Waals surface area contributed by atoms with E-state index in [2.05, 4.69) is 64.3 Å². The van der Waals surface area contributed by atoms with Crippen LogP contribution in [0.3, 0.4) is 0 Å². The van der Waals surface area contributed by atoms with Crippen LogP contribution in [0.15, 0.2) is 41.5 Å². The van der Waals surface area contributed by atoms with Gasteiger partial charge in [0.25, 0.3) is 0 Å². The predicted molar refractivity (Wildman–Crippen MR) is 102 cm³/mol. The van der Waals surface area contributed by atoms with Gasteiger partial charge in [-0.2, -0.15) is 0 Å². The van der Waals surface area contributed by atoms with Gasteiger partial charge in [-0.25, -0.2) is 0 Å². The number of nitrogens with one attached hydrogen (secondary N) is 1. The summed E-state index contributed by atoms with van der Waals surface area (Å²) >= 11 is 0.